The van der Waals surface area contributed by atoms with Gasteiger partial charge in [0.2, 0.25) is 10.0 Å². The summed E-state index contributed by atoms with van der Waals surface area (Å²) in [4.78, 5) is 14.9. The van der Waals surface area contributed by atoms with E-state index in [0.717, 1.165) is 30.0 Å². The first-order chi connectivity index (χ1) is 11.3. The fourth-order valence-electron chi connectivity index (χ4n) is 3.16. The molecular weight excluding hydrogens is 392 g/mol. The number of hydrogen-bond donors (Lipinski definition) is 0. The maximum atomic E-state index is 12.9. The molecule has 1 aromatic rings. The van der Waals surface area contributed by atoms with Gasteiger partial charge in [0.15, 0.2) is 0 Å². The van der Waals surface area contributed by atoms with Crippen molar-refractivity contribution in [1.29, 1.82) is 0 Å². The predicted octanol–water partition coefficient (Wildman–Crippen LogP) is 3.49. The van der Waals surface area contributed by atoms with Crippen molar-refractivity contribution in [2.75, 3.05) is 20.6 Å². The normalized spacial score (nSPS) is 16.4. The number of carbonyl (C=O) groups excluding carboxylic acids is 1. The molecule has 5 nitrogen and oxygen atoms in total. The lowest BCUT2D eigenvalue weighted by Crippen LogP contribution is -2.41. The lowest BCUT2D eigenvalue weighted by atomic mass is 9.93. The smallest absolute Gasteiger partial charge is 0.254 e. The molecule has 1 aliphatic carbocycles. The van der Waals surface area contributed by atoms with Crippen LogP contribution in [-0.4, -0.2) is 50.2 Å². The molecule has 24 heavy (non-hydrogen) atoms. The van der Waals surface area contributed by atoms with Crippen molar-refractivity contribution in [3.8, 4) is 0 Å². The quantitative estimate of drug-likeness (QED) is 0.737. The Kier molecular flexibility index (Phi) is 6.45. The van der Waals surface area contributed by atoms with E-state index in [1.54, 1.807) is 12.1 Å². The zero-order valence-corrected chi connectivity index (χ0v) is 16.9. The summed E-state index contributed by atoms with van der Waals surface area (Å²) < 4.78 is 26.5. The van der Waals surface area contributed by atoms with Crippen LogP contribution >= 0.6 is 15.9 Å². The summed E-state index contributed by atoms with van der Waals surface area (Å²) >= 11 is 3.28. The largest absolute Gasteiger partial charge is 0.336 e. The zero-order chi connectivity index (χ0) is 17.9. The maximum Gasteiger partial charge on any atom is 0.254 e. The first-order valence-electron chi connectivity index (χ1n) is 8.32. The predicted molar refractivity (Wildman–Crippen MR) is 98.6 cm³/mol. The van der Waals surface area contributed by atoms with Crippen molar-refractivity contribution in [3.05, 3.63) is 28.2 Å². The van der Waals surface area contributed by atoms with E-state index in [1.165, 1.54) is 26.6 Å². The van der Waals surface area contributed by atoms with Crippen molar-refractivity contribution in [2.45, 2.75) is 50.0 Å². The number of hydrogen-bond acceptors (Lipinski definition) is 3. The second kappa shape index (κ2) is 7.97. The van der Waals surface area contributed by atoms with Crippen LogP contribution in [0.5, 0.6) is 0 Å². The van der Waals surface area contributed by atoms with E-state index in [0.29, 0.717) is 16.6 Å². The standard InChI is InChI=1S/C17H25BrN2O3S/c1-4-20(14-8-6-5-7-9-14)17(21)13-10-11-15(18)16(12-13)24(22,23)19(2)3/h10-12,14H,4-9H2,1-3H3. The van der Waals surface area contributed by atoms with Crippen LogP contribution in [0.1, 0.15) is 49.4 Å². The lowest BCUT2D eigenvalue weighted by Gasteiger charge is -2.33. The Hall–Kier alpha value is -0.920. The number of nitrogens with zero attached hydrogens (tertiary/aromatic N) is 2. The Balaban J connectivity index is 2.35. The summed E-state index contributed by atoms with van der Waals surface area (Å²) in [5, 5.41) is 0. The molecule has 0 saturated heterocycles. The molecular formula is C17H25BrN2O3S. The van der Waals surface area contributed by atoms with Gasteiger partial charge in [0.05, 0.1) is 4.90 Å². The molecule has 0 N–H and O–H groups in total. The van der Waals surface area contributed by atoms with Crippen LogP contribution in [0, 0.1) is 0 Å². The van der Waals surface area contributed by atoms with Gasteiger partial charge >= 0.3 is 0 Å². The highest BCUT2D eigenvalue weighted by Crippen LogP contribution is 2.28. The molecule has 0 heterocycles. The highest BCUT2D eigenvalue weighted by molar-refractivity contribution is 9.10. The third-order valence-corrected chi connectivity index (χ3v) is 7.36. The van der Waals surface area contributed by atoms with Crippen molar-refractivity contribution in [3.63, 3.8) is 0 Å². The van der Waals surface area contributed by atoms with Gasteiger partial charge in [-0.2, -0.15) is 0 Å². The minimum absolute atomic E-state index is 0.0906. The molecule has 1 fully saturated rings. The van der Waals surface area contributed by atoms with E-state index in [2.05, 4.69) is 15.9 Å². The van der Waals surface area contributed by atoms with Gasteiger partial charge in [-0.1, -0.05) is 19.3 Å². The third-order valence-electron chi connectivity index (χ3n) is 4.55. The van der Waals surface area contributed by atoms with Crippen LogP contribution in [0.4, 0.5) is 0 Å². The minimum atomic E-state index is -3.61. The van der Waals surface area contributed by atoms with Crippen molar-refractivity contribution >= 4 is 31.9 Å². The molecule has 0 aliphatic heterocycles. The van der Waals surface area contributed by atoms with E-state index < -0.39 is 10.0 Å². The Morgan fingerprint density at radius 3 is 2.38 bits per heavy atom. The molecule has 2 rings (SSSR count). The van der Waals surface area contributed by atoms with Gasteiger partial charge in [0.25, 0.3) is 5.91 Å². The average molecular weight is 417 g/mol. The van der Waals surface area contributed by atoms with Gasteiger partial charge in [0.1, 0.15) is 0 Å². The summed E-state index contributed by atoms with van der Waals surface area (Å²) in [5.74, 6) is -0.0906. The van der Waals surface area contributed by atoms with E-state index in [1.807, 2.05) is 11.8 Å². The van der Waals surface area contributed by atoms with Gasteiger partial charge in [-0.25, -0.2) is 12.7 Å². The van der Waals surface area contributed by atoms with E-state index in [-0.39, 0.29) is 16.8 Å². The van der Waals surface area contributed by atoms with Gasteiger partial charge in [0, 0.05) is 36.7 Å². The molecule has 0 spiro atoms. The van der Waals surface area contributed by atoms with Gasteiger partial charge in [-0.3, -0.25) is 4.79 Å². The highest BCUT2D eigenvalue weighted by atomic mass is 79.9. The van der Waals surface area contributed by atoms with Gasteiger partial charge in [-0.15, -0.1) is 0 Å². The summed E-state index contributed by atoms with van der Waals surface area (Å²) in [6, 6.07) is 5.06. The fraction of sp³-hybridized carbons (Fsp3) is 0.588. The second-order valence-corrected chi connectivity index (χ2v) is 9.29. The monoisotopic (exact) mass is 416 g/mol. The van der Waals surface area contributed by atoms with Crippen molar-refractivity contribution < 1.29 is 13.2 Å². The summed E-state index contributed by atoms with van der Waals surface area (Å²) in [6.45, 7) is 2.61. The number of sulfonamides is 1. The molecule has 1 amide bonds. The SMILES string of the molecule is CCN(C(=O)c1ccc(Br)c(S(=O)(=O)N(C)C)c1)C1CCCCC1. The number of halogens is 1. The Morgan fingerprint density at radius 2 is 1.83 bits per heavy atom. The van der Waals surface area contributed by atoms with Gasteiger partial charge < -0.3 is 4.90 Å². The highest BCUT2D eigenvalue weighted by Gasteiger charge is 2.27. The average Bonchev–Trinajstić information content (AvgIpc) is 2.56. The molecule has 0 unspecified atom stereocenters. The van der Waals surface area contributed by atoms with Gasteiger partial charge in [-0.05, 0) is 53.9 Å². The molecule has 0 bridgehead atoms. The Bertz CT molecular complexity index is 698. The van der Waals surface area contributed by atoms with Crippen LogP contribution in [0.3, 0.4) is 0 Å². The van der Waals surface area contributed by atoms with Crippen LogP contribution in [-0.2, 0) is 10.0 Å². The zero-order valence-electron chi connectivity index (χ0n) is 14.5. The van der Waals surface area contributed by atoms with Crippen LogP contribution < -0.4 is 0 Å². The van der Waals surface area contributed by atoms with Crippen molar-refractivity contribution in [2.24, 2.45) is 0 Å². The molecule has 1 aromatic carbocycles. The molecule has 0 aromatic heterocycles. The summed E-state index contributed by atoms with van der Waals surface area (Å²) in [6.07, 6.45) is 5.58. The maximum absolute atomic E-state index is 12.9. The molecule has 0 atom stereocenters. The first-order valence-corrected chi connectivity index (χ1v) is 10.6. The van der Waals surface area contributed by atoms with Crippen LogP contribution in [0.2, 0.25) is 0 Å². The van der Waals surface area contributed by atoms with Crippen LogP contribution in [0.15, 0.2) is 27.6 Å². The van der Waals surface area contributed by atoms with E-state index >= 15 is 0 Å². The lowest BCUT2D eigenvalue weighted by molar-refractivity contribution is 0.0647. The molecule has 0 radical (unpaired) electrons. The molecule has 1 saturated carbocycles. The van der Waals surface area contributed by atoms with E-state index in [4.69, 9.17) is 0 Å². The Morgan fingerprint density at radius 1 is 1.21 bits per heavy atom. The van der Waals surface area contributed by atoms with E-state index in [9.17, 15) is 13.2 Å². The number of rotatable bonds is 5. The second-order valence-electron chi connectivity index (χ2n) is 6.32. The fourth-order valence-corrected chi connectivity index (χ4v) is 5.00. The minimum Gasteiger partial charge on any atom is -0.336 e. The number of amides is 1. The summed E-state index contributed by atoms with van der Waals surface area (Å²) in [7, 11) is -0.640. The molecule has 7 heteroatoms. The number of benzene rings is 1. The molecule has 134 valence electrons. The molecule has 1 aliphatic rings. The number of carbonyl (C=O) groups is 1. The van der Waals surface area contributed by atoms with Crippen molar-refractivity contribution in [1.82, 2.24) is 9.21 Å². The van der Waals surface area contributed by atoms with Crippen LogP contribution in [0.25, 0.3) is 0 Å². The topological polar surface area (TPSA) is 57.7 Å². The third kappa shape index (κ3) is 4.00. The Labute approximate surface area is 153 Å². The summed E-state index contributed by atoms with van der Waals surface area (Å²) in [5.41, 5.74) is 0.422. The first kappa shape index (κ1) is 19.4.